The highest BCUT2D eigenvalue weighted by Gasteiger charge is 2.23. The maximum atomic E-state index is 8.94. The monoisotopic (exact) mass is 231 g/mol. The van der Waals surface area contributed by atoms with Crippen molar-refractivity contribution in [3.05, 3.63) is 23.4 Å². The molecule has 1 aliphatic rings. The van der Waals surface area contributed by atoms with Crippen molar-refractivity contribution >= 4 is 5.82 Å². The number of nitrogens with zero attached hydrogens (tertiary/aromatic N) is 3. The van der Waals surface area contributed by atoms with Crippen LogP contribution in [-0.2, 0) is 0 Å². The fraction of sp³-hybridized carbons (Fsp3) is 0.538. The minimum absolute atomic E-state index is 0.253. The SMILES string of the molecule is Cc1cc(C#N)cc(N2CCC(CCO)C2)n1. The lowest BCUT2D eigenvalue weighted by Crippen LogP contribution is -2.21. The Morgan fingerprint density at radius 2 is 2.41 bits per heavy atom. The summed E-state index contributed by atoms with van der Waals surface area (Å²) in [6.45, 7) is 4.06. The van der Waals surface area contributed by atoms with Crippen molar-refractivity contribution < 1.29 is 5.11 Å². The maximum Gasteiger partial charge on any atom is 0.130 e. The number of aliphatic hydroxyl groups excluding tert-OH is 1. The van der Waals surface area contributed by atoms with Gasteiger partial charge in [-0.05, 0) is 37.8 Å². The first-order chi connectivity index (χ1) is 8.22. The van der Waals surface area contributed by atoms with Crippen molar-refractivity contribution in [2.45, 2.75) is 19.8 Å². The van der Waals surface area contributed by atoms with Gasteiger partial charge in [0.15, 0.2) is 0 Å². The quantitative estimate of drug-likeness (QED) is 0.855. The lowest BCUT2D eigenvalue weighted by atomic mass is 10.1. The molecule has 0 spiro atoms. The van der Waals surface area contributed by atoms with Crippen molar-refractivity contribution in [3.63, 3.8) is 0 Å². The normalized spacial score (nSPS) is 19.4. The van der Waals surface area contributed by atoms with E-state index in [1.54, 1.807) is 6.07 Å². The van der Waals surface area contributed by atoms with Gasteiger partial charge >= 0.3 is 0 Å². The van der Waals surface area contributed by atoms with E-state index in [4.69, 9.17) is 10.4 Å². The molecule has 0 amide bonds. The van der Waals surface area contributed by atoms with Crippen molar-refractivity contribution in [3.8, 4) is 6.07 Å². The van der Waals surface area contributed by atoms with Gasteiger partial charge in [0.2, 0.25) is 0 Å². The summed E-state index contributed by atoms with van der Waals surface area (Å²) in [5, 5.41) is 17.9. The molecule has 1 atom stereocenters. The lowest BCUT2D eigenvalue weighted by molar-refractivity contribution is 0.263. The number of rotatable bonds is 3. The van der Waals surface area contributed by atoms with Crippen LogP contribution < -0.4 is 4.90 Å². The number of hydrogen-bond acceptors (Lipinski definition) is 4. The molecule has 1 aromatic heterocycles. The predicted octanol–water partition coefficient (Wildman–Crippen LogP) is 1.47. The fourth-order valence-electron chi connectivity index (χ4n) is 2.34. The molecule has 90 valence electrons. The minimum atomic E-state index is 0.253. The van der Waals surface area contributed by atoms with E-state index in [0.717, 1.165) is 37.4 Å². The number of hydrogen-bond donors (Lipinski definition) is 1. The Balaban J connectivity index is 2.13. The molecule has 4 nitrogen and oxygen atoms in total. The molecule has 4 heteroatoms. The van der Waals surface area contributed by atoms with E-state index in [-0.39, 0.29) is 6.61 Å². The molecule has 2 rings (SSSR count). The first-order valence-corrected chi connectivity index (χ1v) is 5.97. The van der Waals surface area contributed by atoms with Crippen LogP contribution in [0, 0.1) is 24.2 Å². The van der Waals surface area contributed by atoms with E-state index < -0.39 is 0 Å². The molecule has 1 saturated heterocycles. The second kappa shape index (κ2) is 5.15. The van der Waals surface area contributed by atoms with Gasteiger partial charge in [0.1, 0.15) is 5.82 Å². The molecule has 17 heavy (non-hydrogen) atoms. The third-order valence-corrected chi connectivity index (χ3v) is 3.22. The van der Waals surface area contributed by atoms with Crippen LogP contribution in [0.3, 0.4) is 0 Å². The Morgan fingerprint density at radius 3 is 3.12 bits per heavy atom. The molecule has 0 bridgehead atoms. The standard InChI is InChI=1S/C13H17N3O/c1-10-6-12(8-14)7-13(15-10)16-4-2-11(9-16)3-5-17/h6-7,11,17H,2-5,9H2,1H3. The van der Waals surface area contributed by atoms with Gasteiger partial charge in [-0.15, -0.1) is 0 Å². The summed E-state index contributed by atoms with van der Waals surface area (Å²) in [5.41, 5.74) is 1.54. The topological polar surface area (TPSA) is 60.2 Å². The molecule has 1 N–H and O–H groups in total. The zero-order valence-corrected chi connectivity index (χ0v) is 10.1. The third kappa shape index (κ3) is 2.75. The van der Waals surface area contributed by atoms with Gasteiger partial charge in [-0.3, -0.25) is 0 Å². The van der Waals surface area contributed by atoms with Crippen molar-refractivity contribution in [2.24, 2.45) is 5.92 Å². The zero-order chi connectivity index (χ0) is 12.3. The summed E-state index contributed by atoms with van der Waals surface area (Å²) in [5.74, 6) is 1.44. The molecule has 1 aliphatic heterocycles. The second-order valence-electron chi connectivity index (χ2n) is 4.58. The average molecular weight is 231 g/mol. The number of nitriles is 1. The van der Waals surface area contributed by atoms with E-state index in [9.17, 15) is 0 Å². The number of pyridine rings is 1. The molecule has 1 aromatic rings. The molecule has 0 radical (unpaired) electrons. The average Bonchev–Trinajstić information content (AvgIpc) is 2.77. The minimum Gasteiger partial charge on any atom is -0.396 e. The van der Waals surface area contributed by atoms with E-state index in [1.165, 1.54) is 0 Å². The fourth-order valence-corrected chi connectivity index (χ4v) is 2.34. The van der Waals surface area contributed by atoms with E-state index >= 15 is 0 Å². The number of aliphatic hydroxyl groups is 1. The van der Waals surface area contributed by atoms with Gasteiger partial charge in [0.25, 0.3) is 0 Å². The zero-order valence-electron chi connectivity index (χ0n) is 10.1. The Hall–Kier alpha value is -1.60. The van der Waals surface area contributed by atoms with Gasteiger partial charge in [-0.1, -0.05) is 0 Å². The summed E-state index contributed by atoms with van der Waals surface area (Å²) in [7, 11) is 0. The molecule has 1 unspecified atom stereocenters. The van der Waals surface area contributed by atoms with Crippen LogP contribution in [0.2, 0.25) is 0 Å². The molecule has 0 aromatic carbocycles. The molecular weight excluding hydrogens is 214 g/mol. The van der Waals surface area contributed by atoms with Gasteiger partial charge in [0, 0.05) is 25.4 Å². The van der Waals surface area contributed by atoms with Crippen molar-refractivity contribution in [1.82, 2.24) is 4.98 Å². The van der Waals surface area contributed by atoms with E-state index in [1.807, 2.05) is 13.0 Å². The Labute approximate surface area is 102 Å². The third-order valence-electron chi connectivity index (χ3n) is 3.22. The van der Waals surface area contributed by atoms with Crippen LogP contribution in [0.1, 0.15) is 24.1 Å². The van der Waals surface area contributed by atoms with Gasteiger partial charge in [-0.25, -0.2) is 4.98 Å². The number of aryl methyl sites for hydroxylation is 1. The summed E-state index contributed by atoms with van der Waals surface area (Å²) in [6.07, 6.45) is 1.95. The molecular formula is C13H17N3O. The van der Waals surface area contributed by atoms with Crippen LogP contribution in [0.5, 0.6) is 0 Å². The van der Waals surface area contributed by atoms with E-state index in [0.29, 0.717) is 11.5 Å². The van der Waals surface area contributed by atoms with Crippen molar-refractivity contribution in [2.75, 3.05) is 24.6 Å². The van der Waals surface area contributed by atoms with Gasteiger partial charge in [-0.2, -0.15) is 5.26 Å². The summed E-state index contributed by atoms with van der Waals surface area (Å²) in [4.78, 5) is 6.67. The molecule has 2 heterocycles. The number of anilines is 1. The van der Waals surface area contributed by atoms with Crippen LogP contribution >= 0.6 is 0 Å². The summed E-state index contributed by atoms with van der Waals surface area (Å²) in [6, 6.07) is 5.80. The predicted molar refractivity (Wildman–Crippen MR) is 65.7 cm³/mol. The van der Waals surface area contributed by atoms with Crippen LogP contribution in [-0.4, -0.2) is 29.8 Å². The lowest BCUT2D eigenvalue weighted by Gasteiger charge is -2.18. The van der Waals surface area contributed by atoms with Gasteiger partial charge in [0.05, 0.1) is 11.6 Å². The summed E-state index contributed by atoms with van der Waals surface area (Å²) >= 11 is 0. The number of aromatic nitrogens is 1. The first-order valence-electron chi connectivity index (χ1n) is 5.97. The first kappa shape index (κ1) is 11.9. The molecule has 1 fully saturated rings. The molecule has 0 aliphatic carbocycles. The van der Waals surface area contributed by atoms with Gasteiger partial charge < -0.3 is 10.0 Å². The smallest absolute Gasteiger partial charge is 0.130 e. The van der Waals surface area contributed by atoms with E-state index in [2.05, 4.69) is 16.0 Å². The Morgan fingerprint density at radius 1 is 1.59 bits per heavy atom. The highest BCUT2D eigenvalue weighted by atomic mass is 16.3. The van der Waals surface area contributed by atoms with Crippen LogP contribution in [0.4, 0.5) is 5.82 Å². The Bertz CT molecular complexity index is 439. The van der Waals surface area contributed by atoms with Crippen LogP contribution in [0.15, 0.2) is 12.1 Å². The van der Waals surface area contributed by atoms with Crippen molar-refractivity contribution in [1.29, 1.82) is 5.26 Å². The maximum absolute atomic E-state index is 8.94. The van der Waals surface area contributed by atoms with Crippen LogP contribution in [0.25, 0.3) is 0 Å². The largest absolute Gasteiger partial charge is 0.396 e. The second-order valence-corrected chi connectivity index (χ2v) is 4.58. The highest BCUT2D eigenvalue weighted by Crippen LogP contribution is 2.25. The highest BCUT2D eigenvalue weighted by molar-refractivity contribution is 5.47. The molecule has 0 saturated carbocycles. The summed E-state index contributed by atoms with van der Waals surface area (Å²) < 4.78 is 0. The Kier molecular flexibility index (Phi) is 3.60.